The van der Waals surface area contributed by atoms with Crippen molar-refractivity contribution in [1.29, 1.82) is 0 Å². The van der Waals surface area contributed by atoms with Gasteiger partial charge in [0.05, 0.1) is 0 Å². The van der Waals surface area contributed by atoms with Gasteiger partial charge >= 0.3 is 5.69 Å². The minimum Gasteiger partial charge on any atom is -0.311 e. The Hall–Kier alpha value is -2.31. The van der Waals surface area contributed by atoms with Crippen LogP contribution in [0.4, 0.5) is 0 Å². The van der Waals surface area contributed by atoms with Crippen molar-refractivity contribution < 1.29 is 0 Å². The van der Waals surface area contributed by atoms with Crippen molar-refractivity contribution in [2.45, 2.75) is 33.7 Å². The lowest BCUT2D eigenvalue weighted by Crippen LogP contribution is -2.28. The van der Waals surface area contributed by atoms with E-state index in [0.717, 1.165) is 11.4 Å². The third kappa shape index (κ3) is 1.37. The van der Waals surface area contributed by atoms with Gasteiger partial charge in [0.15, 0.2) is 11.2 Å². The highest BCUT2D eigenvalue weighted by molar-refractivity contribution is 5.76. The van der Waals surface area contributed by atoms with E-state index in [4.69, 9.17) is 0 Å². The lowest BCUT2D eigenvalue weighted by Gasteiger charge is -2.09. The van der Waals surface area contributed by atoms with E-state index in [1.54, 1.807) is 7.05 Å². The van der Waals surface area contributed by atoms with Gasteiger partial charge in [-0.2, -0.15) is 4.98 Å². The van der Waals surface area contributed by atoms with Crippen LogP contribution in [0.15, 0.2) is 9.59 Å². The van der Waals surface area contributed by atoms with Gasteiger partial charge in [0, 0.05) is 24.5 Å². The van der Waals surface area contributed by atoms with Gasteiger partial charge < -0.3 is 4.57 Å². The molecule has 20 heavy (non-hydrogen) atoms. The van der Waals surface area contributed by atoms with Crippen molar-refractivity contribution in [2.24, 2.45) is 7.05 Å². The zero-order valence-corrected chi connectivity index (χ0v) is 12.2. The molecule has 0 bridgehead atoms. The van der Waals surface area contributed by atoms with E-state index >= 15 is 0 Å². The molecule has 0 aliphatic rings. The van der Waals surface area contributed by atoms with Crippen LogP contribution in [0.1, 0.15) is 31.3 Å². The number of nitrogens with one attached hydrogen (secondary N) is 1. The number of nitrogens with zero attached hydrogens (tertiary/aromatic N) is 4. The van der Waals surface area contributed by atoms with Crippen LogP contribution in [0.25, 0.3) is 16.9 Å². The van der Waals surface area contributed by atoms with Crippen molar-refractivity contribution in [3.8, 4) is 0 Å². The maximum Gasteiger partial charge on any atom is 0.329 e. The summed E-state index contributed by atoms with van der Waals surface area (Å²) < 4.78 is 5.26. The van der Waals surface area contributed by atoms with E-state index in [9.17, 15) is 9.59 Å². The highest BCUT2D eigenvalue weighted by atomic mass is 16.2. The standard InChI is InChI=1S/C13H17N5O2/c1-6(2)17-7(3)8(4)18-9-10(14-12(17)18)16(5)13(20)15-11(9)19/h6H,1-5H3,(H,15,19,20). The third-order valence-electron chi connectivity index (χ3n) is 3.85. The smallest absolute Gasteiger partial charge is 0.311 e. The van der Waals surface area contributed by atoms with Crippen LogP contribution in [-0.4, -0.2) is 23.5 Å². The van der Waals surface area contributed by atoms with Gasteiger partial charge in [-0.25, -0.2) is 4.79 Å². The molecule has 7 heteroatoms. The van der Waals surface area contributed by atoms with Gasteiger partial charge in [0.2, 0.25) is 5.78 Å². The van der Waals surface area contributed by atoms with Crippen LogP contribution in [0, 0.1) is 13.8 Å². The molecule has 3 rings (SSSR count). The Morgan fingerprint density at radius 1 is 1.15 bits per heavy atom. The quantitative estimate of drug-likeness (QED) is 0.716. The predicted octanol–water partition coefficient (Wildman–Crippen LogP) is 0.874. The van der Waals surface area contributed by atoms with Gasteiger partial charge in [-0.15, -0.1) is 0 Å². The number of aryl methyl sites for hydroxylation is 2. The summed E-state index contributed by atoms with van der Waals surface area (Å²) in [5, 5.41) is 0. The highest BCUT2D eigenvalue weighted by Gasteiger charge is 2.21. The van der Waals surface area contributed by atoms with E-state index in [1.807, 2.05) is 18.2 Å². The maximum absolute atomic E-state index is 12.1. The Bertz CT molecular complexity index is 951. The average molecular weight is 275 g/mol. The molecule has 0 saturated carbocycles. The van der Waals surface area contributed by atoms with Gasteiger partial charge in [0.25, 0.3) is 5.56 Å². The number of rotatable bonds is 1. The first-order chi connectivity index (χ1) is 9.34. The Kier molecular flexibility index (Phi) is 2.44. The first-order valence-electron chi connectivity index (χ1n) is 6.53. The number of aromatic nitrogens is 5. The van der Waals surface area contributed by atoms with E-state index in [1.165, 1.54) is 4.57 Å². The average Bonchev–Trinajstić information content (AvgIpc) is 2.84. The summed E-state index contributed by atoms with van der Waals surface area (Å²) in [6.07, 6.45) is 0. The van der Waals surface area contributed by atoms with Crippen molar-refractivity contribution in [3.05, 3.63) is 32.2 Å². The summed E-state index contributed by atoms with van der Waals surface area (Å²) >= 11 is 0. The summed E-state index contributed by atoms with van der Waals surface area (Å²) in [5.41, 5.74) is 2.00. The van der Waals surface area contributed by atoms with E-state index < -0.39 is 11.2 Å². The Morgan fingerprint density at radius 3 is 2.40 bits per heavy atom. The topological polar surface area (TPSA) is 77.1 Å². The molecule has 0 radical (unpaired) electrons. The van der Waals surface area contributed by atoms with Crippen LogP contribution in [0.5, 0.6) is 0 Å². The molecule has 3 aromatic heterocycles. The second-order valence-corrected chi connectivity index (χ2v) is 5.37. The zero-order chi connectivity index (χ0) is 14.8. The fourth-order valence-corrected chi connectivity index (χ4v) is 2.75. The zero-order valence-electron chi connectivity index (χ0n) is 12.2. The van der Waals surface area contributed by atoms with Gasteiger partial charge in [-0.05, 0) is 27.7 Å². The molecule has 0 aliphatic carbocycles. The Morgan fingerprint density at radius 2 is 1.80 bits per heavy atom. The molecule has 0 atom stereocenters. The minimum absolute atomic E-state index is 0.221. The second kappa shape index (κ2) is 3.84. The Labute approximate surface area is 114 Å². The second-order valence-electron chi connectivity index (χ2n) is 5.37. The molecule has 0 unspecified atom stereocenters. The number of H-pyrrole nitrogens is 1. The van der Waals surface area contributed by atoms with Crippen molar-refractivity contribution >= 4 is 16.9 Å². The number of fused-ring (bicyclic) bond motifs is 3. The van der Waals surface area contributed by atoms with Crippen LogP contribution in [0.3, 0.4) is 0 Å². The molecule has 3 heterocycles. The van der Waals surface area contributed by atoms with E-state index in [0.29, 0.717) is 16.9 Å². The number of hydrogen-bond acceptors (Lipinski definition) is 3. The molecular formula is C13H17N5O2. The van der Waals surface area contributed by atoms with Crippen LogP contribution in [0.2, 0.25) is 0 Å². The largest absolute Gasteiger partial charge is 0.329 e. The summed E-state index contributed by atoms with van der Waals surface area (Å²) in [7, 11) is 1.61. The molecule has 0 fully saturated rings. The number of imidazole rings is 2. The molecule has 0 spiro atoms. The van der Waals surface area contributed by atoms with Gasteiger partial charge in [-0.1, -0.05) is 0 Å². The predicted molar refractivity (Wildman–Crippen MR) is 76.4 cm³/mol. The lowest BCUT2D eigenvalue weighted by atomic mass is 10.3. The molecule has 106 valence electrons. The van der Waals surface area contributed by atoms with Crippen LogP contribution in [-0.2, 0) is 7.05 Å². The van der Waals surface area contributed by atoms with E-state index in [2.05, 4.69) is 28.4 Å². The SMILES string of the molecule is Cc1c(C)n2c3c(=O)[nH]c(=O)n(C)c3nc2n1C(C)C. The molecule has 7 nitrogen and oxygen atoms in total. The summed E-state index contributed by atoms with van der Waals surface area (Å²) in [6.45, 7) is 8.09. The molecule has 0 saturated heterocycles. The summed E-state index contributed by atoms with van der Waals surface area (Å²) in [6, 6.07) is 0.221. The normalized spacial score (nSPS) is 12.1. The molecule has 0 aromatic carbocycles. The third-order valence-corrected chi connectivity index (χ3v) is 3.85. The van der Waals surface area contributed by atoms with Gasteiger partial charge in [0.1, 0.15) is 0 Å². The monoisotopic (exact) mass is 275 g/mol. The summed E-state index contributed by atoms with van der Waals surface area (Å²) in [4.78, 5) is 30.6. The first-order valence-corrected chi connectivity index (χ1v) is 6.53. The van der Waals surface area contributed by atoms with Crippen molar-refractivity contribution in [1.82, 2.24) is 23.5 Å². The molecule has 3 aromatic rings. The van der Waals surface area contributed by atoms with Crippen LogP contribution < -0.4 is 11.2 Å². The molecule has 0 amide bonds. The highest BCUT2D eigenvalue weighted by Crippen LogP contribution is 2.23. The molecule has 0 aliphatic heterocycles. The fourth-order valence-electron chi connectivity index (χ4n) is 2.75. The maximum atomic E-state index is 12.1. The summed E-state index contributed by atoms with van der Waals surface area (Å²) in [5.74, 6) is 0.691. The molecular weight excluding hydrogens is 258 g/mol. The van der Waals surface area contributed by atoms with Crippen LogP contribution >= 0.6 is 0 Å². The van der Waals surface area contributed by atoms with Crippen molar-refractivity contribution in [2.75, 3.05) is 0 Å². The fraction of sp³-hybridized carbons (Fsp3) is 0.462. The lowest BCUT2D eigenvalue weighted by molar-refractivity contribution is 0.600. The Balaban J connectivity index is 2.68. The number of hydrogen-bond donors (Lipinski definition) is 1. The van der Waals surface area contributed by atoms with E-state index in [-0.39, 0.29) is 6.04 Å². The first kappa shape index (κ1) is 12.7. The van der Waals surface area contributed by atoms with Gasteiger partial charge in [-0.3, -0.25) is 18.7 Å². The number of aromatic amines is 1. The minimum atomic E-state index is -0.450. The molecule has 1 N–H and O–H groups in total. The van der Waals surface area contributed by atoms with Crippen molar-refractivity contribution in [3.63, 3.8) is 0 Å².